The Morgan fingerprint density at radius 1 is 1.72 bits per heavy atom. The molecular weight excluding hydrogens is 237 g/mol. The number of rotatable bonds is 2. The number of aliphatic hydroxyl groups excluding tert-OH is 1. The van der Waals surface area contributed by atoms with Crippen LogP contribution in [0.1, 0.15) is 23.7 Å². The molecule has 0 radical (unpaired) electrons. The molecule has 2 atom stereocenters. The van der Waals surface area contributed by atoms with Crippen molar-refractivity contribution < 1.29 is 14.3 Å². The Balaban J connectivity index is 2.29. The maximum atomic E-state index is 13.7. The monoisotopic (exact) mass is 253 g/mol. The van der Waals surface area contributed by atoms with Crippen molar-refractivity contribution in [1.29, 1.82) is 0 Å². The Bertz CT molecular complexity index is 467. The van der Waals surface area contributed by atoms with Crippen LogP contribution in [-0.2, 0) is 0 Å². The number of amides is 1. The molecule has 1 aliphatic rings. The van der Waals surface area contributed by atoms with Gasteiger partial charge in [0.2, 0.25) is 0 Å². The van der Waals surface area contributed by atoms with Crippen LogP contribution in [0.5, 0.6) is 0 Å². The first-order chi connectivity index (χ1) is 8.56. The third kappa shape index (κ3) is 2.03. The van der Waals surface area contributed by atoms with Crippen molar-refractivity contribution in [3.63, 3.8) is 0 Å². The van der Waals surface area contributed by atoms with Gasteiger partial charge >= 0.3 is 0 Å². The zero-order chi connectivity index (χ0) is 13.3. The lowest BCUT2D eigenvalue weighted by Crippen LogP contribution is -2.40. The third-order valence-corrected chi connectivity index (χ3v) is 3.48. The van der Waals surface area contributed by atoms with E-state index in [-0.39, 0.29) is 29.9 Å². The number of nitrogen functional groups attached to an aromatic ring is 1. The second-order valence-corrected chi connectivity index (χ2v) is 4.57. The minimum absolute atomic E-state index is 0.0879. The number of nitrogens with two attached hydrogens (primary N) is 1. The molecule has 0 saturated carbocycles. The van der Waals surface area contributed by atoms with Crippen molar-refractivity contribution in [3.05, 3.63) is 23.6 Å². The van der Waals surface area contributed by atoms with Gasteiger partial charge in [-0.1, -0.05) is 6.92 Å². The molecule has 1 aromatic heterocycles. The average Bonchev–Trinajstić information content (AvgIpc) is 2.73. The number of carbonyl (C=O) groups is 1. The lowest BCUT2D eigenvalue weighted by molar-refractivity contribution is 0.0643. The summed E-state index contributed by atoms with van der Waals surface area (Å²) in [5, 5.41) is 9.30. The smallest absolute Gasteiger partial charge is 0.257 e. The molecule has 0 spiro atoms. The van der Waals surface area contributed by atoms with E-state index in [0.29, 0.717) is 6.54 Å². The molecular formula is C12H16FN3O2. The number of hydrogen-bond acceptors (Lipinski definition) is 4. The van der Waals surface area contributed by atoms with Gasteiger partial charge in [-0.2, -0.15) is 0 Å². The summed E-state index contributed by atoms with van der Waals surface area (Å²) in [5.74, 6) is -1.31. The molecule has 98 valence electrons. The molecule has 3 N–H and O–H groups in total. The number of hydrogen-bond donors (Lipinski definition) is 2. The first-order valence-corrected chi connectivity index (χ1v) is 5.88. The maximum Gasteiger partial charge on any atom is 0.257 e. The predicted molar refractivity (Wildman–Crippen MR) is 64.3 cm³/mol. The molecule has 0 bridgehead atoms. The van der Waals surface area contributed by atoms with Crippen LogP contribution in [0, 0.1) is 11.7 Å². The lowest BCUT2D eigenvalue weighted by Gasteiger charge is -2.25. The van der Waals surface area contributed by atoms with E-state index in [1.54, 1.807) is 0 Å². The van der Waals surface area contributed by atoms with Crippen LogP contribution in [0.3, 0.4) is 0 Å². The Labute approximate surface area is 104 Å². The van der Waals surface area contributed by atoms with Gasteiger partial charge in [-0.05, 0) is 18.4 Å². The second kappa shape index (κ2) is 4.89. The van der Waals surface area contributed by atoms with E-state index in [0.717, 1.165) is 6.42 Å². The minimum atomic E-state index is -0.793. The number of aromatic nitrogens is 1. The molecule has 2 unspecified atom stereocenters. The zero-order valence-corrected chi connectivity index (χ0v) is 10.1. The summed E-state index contributed by atoms with van der Waals surface area (Å²) < 4.78 is 13.7. The fourth-order valence-corrected chi connectivity index (χ4v) is 2.32. The molecule has 1 aromatic rings. The van der Waals surface area contributed by atoms with Crippen LogP contribution in [0.25, 0.3) is 0 Å². The number of anilines is 1. The van der Waals surface area contributed by atoms with Gasteiger partial charge in [0.25, 0.3) is 5.91 Å². The van der Waals surface area contributed by atoms with Gasteiger partial charge in [0.15, 0.2) is 11.6 Å². The highest BCUT2D eigenvalue weighted by atomic mass is 19.1. The third-order valence-electron chi connectivity index (χ3n) is 3.48. The first-order valence-electron chi connectivity index (χ1n) is 5.88. The fourth-order valence-electron chi connectivity index (χ4n) is 2.32. The zero-order valence-electron chi connectivity index (χ0n) is 10.1. The molecule has 1 saturated heterocycles. The summed E-state index contributed by atoms with van der Waals surface area (Å²) in [6, 6.07) is 1.05. The number of likely N-dealkylation sites (tertiary alicyclic amines) is 1. The summed E-state index contributed by atoms with van der Waals surface area (Å²) in [7, 11) is 0. The van der Waals surface area contributed by atoms with Crippen molar-refractivity contribution in [2.45, 2.75) is 19.4 Å². The quantitative estimate of drug-likeness (QED) is 0.811. The van der Waals surface area contributed by atoms with Crippen LogP contribution in [0.15, 0.2) is 12.3 Å². The largest absolute Gasteiger partial charge is 0.394 e. The first kappa shape index (κ1) is 12.8. The van der Waals surface area contributed by atoms with Gasteiger partial charge in [0.05, 0.1) is 18.2 Å². The number of carbonyl (C=O) groups excluding carboxylic acids is 1. The van der Waals surface area contributed by atoms with Crippen molar-refractivity contribution in [3.8, 4) is 0 Å². The van der Waals surface area contributed by atoms with Gasteiger partial charge in [-0.25, -0.2) is 9.37 Å². The van der Waals surface area contributed by atoms with E-state index in [1.165, 1.54) is 17.2 Å². The van der Waals surface area contributed by atoms with E-state index in [9.17, 15) is 14.3 Å². The molecule has 1 amide bonds. The molecule has 2 rings (SSSR count). The van der Waals surface area contributed by atoms with Gasteiger partial charge in [0.1, 0.15) is 0 Å². The minimum Gasteiger partial charge on any atom is -0.394 e. The Morgan fingerprint density at radius 2 is 2.44 bits per heavy atom. The van der Waals surface area contributed by atoms with Crippen LogP contribution >= 0.6 is 0 Å². The molecule has 0 aromatic carbocycles. The van der Waals surface area contributed by atoms with E-state index in [2.05, 4.69) is 4.98 Å². The summed E-state index contributed by atoms with van der Waals surface area (Å²) >= 11 is 0. The van der Waals surface area contributed by atoms with Crippen molar-refractivity contribution in [1.82, 2.24) is 9.88 Å². The highest BCUT2D eigenvalue weighted by molar-refractivity contribution is 5.95. The number of pyridine rings is 1. The number of nitrogens with zero attached hydrogens (tertiary/aromatic N) is 2. The van der Waals surface area contributed by atoms with E-state index < -0.39 is 11.7 Å². The second-order valence-electron chi connectivity index (χ2n) is 4.57. The summed E-state index contributed by atoms with van der Waals surface area (Å²) in [6.45, 7) is 2.37. The maximum absolute atomic E-state index is 13.7. The molecule has 2 heterocycles. The molecule has 6 heteroatoms. The Morgan fingerprint density at radius 3 is 3.11 bits per heavy atom. The molecule has 1 aliphatic heterocycles. The van der Waals surface area contributed by atoms with E-state index in [1.807, 2.05) is 6.92 Å². The van der Waals surface area contributed by atoms with Gasteiger partial charge < -0.3 is 15.7 Å². The average molecular weight is 253 g/mol. The van der Waals surface area contributed by atoms with E-state index in [4.69, 9.17) is 5.73 Å². The topological polar surface area (TPSA) is 79.5 Å². The highest BCUT2D eigenvalue weighted by Gasteiger charge is 2.35. The molecule has 18 heavy (non-hydrogen) atoms. The fraction of sp³-hybridized carbons (Fsp3) is 0.500. The standard InChI is InChI=1S/C12H16FN3O2/c1-7-3-5-16(9(7)6-17)12(18)8-2-4-15-11(14)10(8)13/h2,4,7,9,17H,3,5-6H2,1H3,(H2,14,15). The number of halogens is 1. The van der Waals surface area contributed by atoms with E-state index >= 15 is 0 Å². The van der Waals surface area contributed by atoms with Crippen molar-refractivity contribution in [2.75, 3.05) is 18.9 Å². The SMILES string of the molecule is CC1CCN(C(=O)c2ccnc(N)c2F)C1CO. The molecule has 1 fully saturated rings. The predicted octanol–water partition coefficient (Wildman–Crippen LogP) is 0.646. The van der Waals surface area contributed by atoms with Crippen molar-refractivity contribution in [2.24, 2.45) is 5.92 Å². The molecule has 5 nitrogen and oxygen atoms in total. The summed E-state index contributed by atoms with van der Waals surface area (Å²) in [4.78, 5) is 17.3. The van der Waals surface area contributed by atoms with Crippen LogP contribution in [0.4, 0.5) is 10.2 Å². The van der Waals surface area contributed by atoms with Crippen LogP contribution < -0.4 is 5.73 Å². The normalized spacial score (nSPS) is 23.4. The van der Waals surface area contributed by atoms with Gasteiger partial charge in [-0.3, -0.25) is 4.79 Å². The Hall–Kier alpha value is -1.69. The van der Waals surface area contributed by atoms with Gasteiger partial charge in [-0.15, -0.1) is 0 Å². The van der Waals surface area contributed by atoms with Gasteiger partial charge in [0, 0.05) is 12.7 Å². The van der Waals surface area contributed by atoms with Crippen molar-refractivity contribution >= 4 is 11.7 Å². The number of aliphatic hydroxyl groups is 1. The molecule has 0 aliphatic carbocycles. The van der Waals surface area contributed by atoms with Crippen LogP contribution in [-0.4, -0.2) is 40.1 Å². The lowest BCUT2D eigenvalue weighted by atomic mass is 10.0. The summed E-state index contributed by atoms with van der Waals surface area (Å²) in [6.07, 6.45) is 2.11. The summed E-state index contributed by atoms with van der Waals surface area (Å²) in [5.41, 5.74) is 5.26. The highest BCUT2D eigenvalue weighted by Crippen LogP contribution is 2.26. The van der Waals surface area contributed by atoms with Crippen LogP contribution in [0.2, 0.25) is 0 Å². The Kier molecular flexibility index (Phi) is 3.47.